The van der Waals surface area contributed by atoms with Crippen molar-refractivity contribution in [2.45, 2.75) is 13.8 Å². The highest BCUT2D eigenvalue weighted by Gasteiger charge is 2.16. The molecule has 0 aliphatic carbocycles. The molecule has 0 amide bonds. The van der Waals surface area contributed by atoms with Gasteiger partial charge in [0.2, 0.25) is 5.88 Å². The van der Waals surface area contributed by atoms with Gasteiger partial charge in [0.1, 0.15) is 24.5 Å². The minimum Gasteiger partial charge on any atom is -0.490 e. The monoisotopic (exact) mass is 287 g/mol. The summed E-state index contributed by atoms with van der Waals surface area (Å²) < 4.78 is 11.0. The van der Waals surface area contributed by atoms with Crippen molar-refractivity contribution >= 4 is 5.97 Å². The van der Waals surface area contributed by atoms with Gasteiger partial charge in [-0.1, -0.05) is 18.2 Å². The van der Waals surface area contributed by atoms with Crippen LogP contribution >= 0.6 is 0 Å². The molecule has 0 fully saturated rings. The fraction of sp³-hybridized carbons (Fsp3) is 0.250. The Kier molecular flexibility index (Phi) is 4.77. The average molecular weight is 287 g/mol. The minimum atomic E-state index is -1.04. The number of rotatable bonds is 6. The van der Waals surface area contributed by atoms with E-state index in [0.717, 1.165) is 11.4 Å². The first kappa shape index (κ1) is 14.8. The molecule has 0 atom stereocenters. The summed E-state index contributed by atoms with van der Waals surface area (Å²) in [6.45, 7) is 4.07. The maximum atomic E-state index is 11.3. The maximum absolute atomic E-state index is 11.3. The molecule has 0 unspecified atom stereocenters. The van der Waals surface area contributed by atoms with Crippen LogP contribution in [0.1, 0.15) is 21.6 Å². The van der Waals surface area contributed by atoms with E-state index >= 15 is 0 Å². The molecule has 0 spiro atoms. The molecular weight excluding hydrogens is 270 g/mol. The van der Waals surface area contributed by atoms with E-state index in [1.807, 2.05) is 30.3 Å². The number of hydrogen-bond acceptors (Lipinski definition) is 4. The highest BCUT2D eigenvalue weighted by Crippen LogP contribution is 2.21. The smallest absolute Gasteiger partial charge is 0.341 e. The maximum Gasteiger partial charge on any atom is 0.341 e. The van der Waals surface area contributed by atoms with Crippen molar-refractivity contribution in [3.05, 3.63) is 53.2 Å². The molecule has 0 aliphatic heterocycles. The van der Waals surface area contributed by atoms with Gasteiger partial charge in [-0.15, -0.1) is 0 Å². The number of benzene rings is 1. The predicted octanol–water partition coefficient (Wildman–Crippen LogP) is 2.85. The molecule has 0 aliphatic rings. The number of nitrogens with zero attached hydrogens (tertiary/aromatic N) is 1. The molecule has 0 radical (unpaired) electrons. The highest BCUT2D eigenvalue weighted by molar-refractivity contribution is 5.91. The van der Waals surface area contributed by atoms with Crippen LogP contribution in [0, 0.1) is 13.8 Å². The summed E-state index contributed by atoms with van der Waals surface area (Å²) in [4.78, 5) is 15.4. The first-order valence-corrected chi connectivity index (χ1v) is 6.60. The molecule has 0 saturated carbocycles. The molecule has 1 heterocycles. The number of carboxylic acids is 1. The van der Waals surface area contributed by atoms with Crippen molar-refractivity contribution in [3.8, 4) is 11.6 Å². The average Bonchev–Trinajstić information content (AvgIpc) is 2.43. The van der Waals surface area contributed by atoms with Crippen LogP contribution in [0.3, 0.4) is 0 Å². The zero-order valence-electron chi connectivity index (χ0n) is 12.0. The Morgan fingerprint density at radius 2 is 1.81 bits per heavy atom. The molecule has 1 aromatic carbocycles. The SMILES string of the molecule is Cc1cc(C)c(C(=O)O)c(OCCOc2ccccc2)n1. The number of aromatic carboxylic acids is 1. The first-order valence-electron chi connectivity index (χ1n) is 6.60. The molecule has 1 N–H and O–H groups in total. The topological polar surface area (TPSA) is 68.7 Å². The lowest BCUT2D eigenvalue weighted by Crippen LogP contribution is -2.13. The number of ether oxygens (including phenoxy) is 2. The molecule has 2 rings (SSSR count). The molecule has 2 aromatic rings. The van der Waals surface area contributed by atoms with Gasteiger partial charge in [0.15, 0.2) is 0 Å². The number of pyridine rings is 1. The second kappa shape index (κ2) is 6.74. The third-order valence-electron chi connectivity index (χ3n) is 2.86. The van der Waals surface area contributed by atoms with E-state index in [1.54, 1.807) is 19.9 Å². The van der Waals surface area contributed by atoms with Gasteiger partial charge in [-0.3, -0.25) is 0 Å². The second-order valence-electron chi connectivity index (χ2n) is 4.58. The number of para-hydroxylation sites is 1. The van der Waals surface area contributed by atoms with Gasteiger partial charge in [-0.2, -0.15) is 0 Å². The number of carbonyl (C=O) groups is 1. The zero-order chi connectivity index (χ0) is 15.2. The van der Waals surface area contributed by atoms with E-state index in [-0.39, 0.29) is 18.1 Å². The van der Waals surface area contributed by atoms with Gasteiger partial charge in [0, 0.05) is 5.69 Å². The van der Waals surface area contributed by atoms with Crippen LogP contribution in [0.4, 0.5) is 0 Å². The van der Waals surface area contributed by atoms with Crippen LogP contribution < -0.4 is 9.47 Å². The highest BCUT2D eigenvalue weighted by atomic mass is 16.5. The predicted molar refractivity (Wildman–Crippen MR) is 78.1 cm³/mol. The summed E-state index contributed by atoms with van der Waals surface area (Å²) in [6.07, 6.45) is 0. The molecule has 0 bridgehead atoms. The van der Waals surface area contributed by atoms with Crippen LogP contribution in [0.15, 0.2) is 36.4 Å². The fourth-order valence-corrected chi connectivity index (χ4v) is 1.98. The van der Waals surface area contributed by atoms with E-state index in [0.29, 0.717) is 12.2 Å². The van der Waals surface area contributed by atoms with E-state index in [1.165, 1.54) is 0 Å². The summed E-state index contributed by atoms with van der Waals surface area (Å²) in [5.41, 5.74) is 1.45. The van der Waals surface area contributed by atoms with E-state index < -0.39 is 5.97 Å². The fourth-order valence-electron chi connectivity index (χ4n) is 1.98. The molecule has 1 aromatic heterocycles. The van der Waals surface area contributed by atoms with Gasteiger partial charge >= 0.3 is 5.97 Å². The lowest BCUT2D eigenvalue weighted by molar-refractivity contribution is 0.0689. The normalized spacial score (nSPS) is 10.2. The Morgan fingerprint density at radius 1 is 1.14 bits per heavy atom. The summed E-state index contributed by atoms with van der Waals surface area (Å²) in [5, 5.41) is 9.22. The Morgan fingerprint density at radius 3 is 2.48 bits per heavy atom. The number of hydrogen-bond donors (Lipinski definition) is 1. The molecule has 0 saturated heterocycles. The zero-order valence-corrected chi connectivity index (χ0v) is 12.0. The van der Waals surface area contributed by atoms with Gasteiger partial charge in [-0.25, -0.2) is 9.78 Å². The molecule has 5 heteroatoms. The molecule has 21 heavy (non-hydrogen) atoms. The van der Waals surface area contributed by atoms with Gasteiger partial charge in [-0.05, 0) is 37.6 Å². The van der Waals surface area contributed by atoms with E-state index in [4.69, 9.17) is 9.47 Å². The Balaban J connectivity index is 1.98. The lowest BCUT2D eigenvalue weighted by Gasteiger charge is -2.11. The Labute approximate surface area is 123 Å². The van der Waals surface area contributed by atoms with E-state index in [2.05, 4.69) is 4.98 Å². The van der Waals surface area contributed by atoms with Gasteiger partial charge in [0.05, 0.1) is 0 Å². The van der Waals surface area contributed by atoms with Gasteiger partial charge in [0.25, 0.3) is 0 Å². The molecule has 5 nitrogen and oxygen atoms in total. The standard InChI is InChI=1S/C16H17NO4/c1-11-10-12(2)17-15(14(11)16(18)19)21-9-8-20-13-6-4-3-5-7-13/h3-7,10H,8-9H2,1-2H3,(H,18,19). The van der Waals surface area contributed by atoms with Crippen LogP contribution in [0.25, 0.3) is 0 Å². The lowest BCUT2D eigenvalue weighted by atomic mass is 10.1. The van der Waals surface area contributed by atoms with Crippen molar-refractivity contribution in [1.29, 1.82) is 0 Å². The summed E-state index contributed by atoms with van der Waals surface area (Å²) in [7, 11) is 0. The number of carboxylic acid groups (broad SMARTS) is 1. The summed E-state index contributed by atoms with van der Waals surface area (Å²) in [5.74, 6) is -0.163. The number of aromatic nitrogens is 1. The van der Waals surface area contributed by atoms with Crippen LogP contribution in [-0.2, 0) is 0 Å². The van der Waals surface area contributed by atoms with Crippen molar-refractivity contribution in [3.63, 3.8) is 0 Å². The third kappa shape index (κ3) is 3.95. The van der Waals surface area contributed by atoms with Crippen molar-refractivity contribution < 1.29 is 19.4 Å². The first-order chi connectivity index (χ1) is 10.1. The Hall–Kier alpha value is -2.56. The molecule has 110 valence electrons. The third-order valence-corrected chi connectivity index (χ3v) is 2.86. The van der Waals surface area contributed by atoms with Crippen molar-refractivity contribution in [1.82, 2.24) is 4.98 Å². The summed E-state index contributed by atoms with van der Waals surface area (Å²) in [6, 6.07) is 11.1. The second-order valence-corrected chi connectivity index (χ2v) is 4.58. The minimum absolute atomic E-state index is 0.0975. The van der Waals surface area contributed by atoms with Crippen molar-refractivity contribution in [2.24, 2.45) is 0 Å². The van der Waals surface area contributed by atoms with Crippen LogP contribution in [0.2, 0.25) is 0 Å². The Bertz CT molecular complexity index is 626. The van der Waals surface area contributed by atoms with Crippen LogP contribution in [0.5, 0.6) is 11.6 Å². The number of aryl methyl sites for hydroxylation is 2. The molecular formula is C16H17NO4. The van der Waals surface area contributed by atoms with Crippen LogP contribution in [-0.4, -0.2) is 29.3 Å². The summed E-state index contributed by atoms with van der Waals surface area (Å²) >= 11 is 0. The quantitative estimate of drug-likeness (QED) is 0.827. The van der Waals surface area contributed by atoms with Crippen molar-refractivity contribution in [2.75, 3.05) is 13.2 Å². The largest absolute Gasteiger partial charge is 0.490 e. The van der Waals surface area contributed by atoms with E-state index in [9.17, 15) is 9.90 Å². The van der Waals surface area contributed by atoms with Gasteiger partial charge < -0.3 is 14.6 Å².